The minimum absolute atomic E-state index is 0.00540. The third-order valence-corrected chi connectivity index (χ3v) is 5.36. The molecule has 1 atom stereocenters. The van der Waals surface area contributed by atoms with E-state index in [9.17, 15) is 18.0 Å². The molecular formula is C17H20N2O5S. The van der Waals surface area contributed by atoms with E-state index in [2.05, 4.69) is 17.4 Å². The van der Waals surface area contributed by atoms with Gasteiger partial charge in [-0.25, -0.2) is 8.42 Å². The van der Waals surface area contributed by atoms with E-state index >= 15 is 0 Å². The van der Waals surface area contributed by atoms with E-state index < -0.39 is 27.6 Å². The van der Waals surface area contributed by atoms with E-state index in [1.54, 1.807) is 36.4 Å². The monoisotopic (exact) mass is 364 g/mol. The van der Waals surface area contributed by atoms with Crippen LogP contribution in [-0.2, 0) is 19.4 Å². The van der Waals surface area contributed by atoms with Gasteiger partial charge in [0.25, 0.3) is 5.91 Å². The van der Waals surface area contributed by atoms with Gasteiger partial charge in [-0.2, -0.15) is 0 Å². The first-order valence-corrected chi connectivity index (χ1v) is 9.54. The Morgan fingerprint density at radius 2 is 1.96 bits per heavy atom. The van der Waals surface area contributed by atoms with Crippen LogP contribution < -0.4 is 15.6 Å². The number of benzene rings is 1. The zero-order valence-corrected chi connectivity index (χ0v) is 14.4. The van der Waals surface area contributed by atoms with E-state index in [0.29, 0.717) is 12.4 Å². The molecule has 2 rings (SSSR count). The Balaban J connectivity index is 1.78. The van der Waals surface area contributed by atoms with Gasteiger partial charge >= 0.3 is 0 Å². The number of carbonyl (C=O) groups excluding carboxylic acids is 2. The van der Waals surface area contributed by atoms with Crippen LogP contribution in [0.15, 0.2) is 43.0 Å². The Bertz CT molecular complexity index is 769. The Morgan fingerprint density at radius 3 is 2.56 bits per heavy atom. The zero-order valence-electron chi connectivity index (χ0n) is 13.6. The van der Waals surface area contributed by atoms with Gasteiger partial charge in [0.05, 0.1) is 17.4 Å². The highest BCUT2D eigenvalue weighted by atomic mass is 32.2. The summed E-state index contributed by atoms with van der Waals surface area (Å²) >= 11 is 0. The lowest BCUT2D eigenvalue weighted by Gasteiger charge is -2.09. The molecule has 0 aliphatic carbocycles. The lowest BCUT2D eigenvalue weighted by molar-refractivity contribution is -0.129. The normalized spacial score (nSPS) is 18.6. The average molecular weight is 364 g/mol. The van der Waals surface area contributed by atoms with Crippen molar-refractivity contribution in [3.8, 4) is 5.75 Å². The Kier molecular flexibility index (Phi) is 6.35. The van der Waals surface area contributed by atoms with Crippen LogP contribution in [0, 0.1) is 5.92 Å². The molecule has 0 radical (unpaired) electrons. The number of hydrazine groups is 1. The SMILES string of the molecule is C=CCOc1ccc(/C=C/C(=O)NNC(=O)[C@@H]2CCS(=O)(=O)C2)cc1. The van der Waals surface area contributed by atoms with E-state index in [-0.39, 0.29) is 17.9 Å². The predicted molar refractivity (Wildman–Crippen MR) is 94.2 cm³/mol. The van der Waals surface area contributed by atoms with E-state index in [4.69, 9.17) is 4.74 Å². The number of hydrogen-bond acceptors (Lipinski definition) is 5. The smallest absolute Gasteiger partial charge is 0.262 e. The van der Waals surface area contributed by atoms with Crippen molar-refractivity contribution in [3.63, 3.8) is 0 Å². The second-order valence-corrected chi connectivity index (χ2v) is 7.81. The molecular weight excluding hydrogens is 344 g/mol. The molecule has 0 unspecified atom stereocenters. The number of hydrogen-bond donors (Lipinski definition) is 2. The topological polar surface area (TPSA) is 102 Å². The van der Waals surface area contributed by atoms with Gasteiger partial charge < -0.3 is 4.74 Å². The molecule has 1 aromatic carbocycles. The van der Waals surface area contributed by atoms with Crippen LogP contribution in [0.5, 0.6) is 5.75 Å². The zero-order chi connectivity index (χ0) is 18.3. The lowest BCUT2D eigenvalue weighted by atomic mass is 10.1. The van der Waals surface area contributed by atoms with Crippen molar-refractivity contribution < 1.29 is 22.7 Å². The van der Waals surface area contributed by atoms with Crippen molar-refractivity contribution in [2.24, 2.45) is 5.92 Å². The van der Waals surface area contributed by atoms with Crippen LogP contribution in [0.2, 0.25) is 0 Å². The van der Waals surface area contributed by atoms with Gasteiger partial charge in [0.15, 0.2) is 9.84 Å². The maximum absolute atomic E-state index is 11.8. The van der Waals surface area contributed by atoms with Crippen LogP contribution in [0.4, 0.5) is 0 Å². The highest BCUT2D eigenvalue weighted by Gasteiger charge is 2.32. The molecule has 1 aliphatic rings. The molecule has 134 valence electrons. The average Bonchev–Trinajstić information content (AvgIpc) is 2.97. The fourth-order valence-corrected chi connectivity index (χ4v) is 4.01. The van der Waals surface area contributed by atoms with Crippen molar-refractivity contribution in [1.82, 2.24) is 10.9 Å². The van der Waals surface area contributed by atoms with E-state index in [0.717, 1.165) is 5.56 Å². The molecule has 2 amide bonds. The van der Waals surface area contributed by atoms with Crippen LogP contribution in [0.3, 0.4) is 0 Å². The quantitative estimate of drug-likeness (QED) is 0.443. The van der Waals surface area contributed by atoms with Crippen LogP contribution >= 0.6 is 0 Å². The summed E-state index contributed by atoms with van der Waals surface area (Å²) in [5, 5.41) is 0. The second kappa shape index (κ2) is 8.48. The summed E-state index contributed by atoms with van der Waals surface area (Å²) in [4.78, 5) is 23.5. The molecule has 2 N–H and O–H groups in total. The summed E-state index contributed by atoms with van der Waals surface area (Å²) in [6.07, 6.45) is 4.78. The molecule has 0 saturated carbocycles. The maximum atomic E-state index is 11.8. The second-order valence-electron chi connectivity index (χ2n) is 5.58. The van der Waals surface area contributed by atoms with Gasteiger partial charge in [-0.15, -0.1) is 0 Å². The Labute approximate surface area is 146 Å². The minimum atomic E-state index is -3.14. The predicted octanol–water partition coefficient (Wildman–Crippen LogP) is 0.847. The van der Waals surface area contributed by atoms with Gasteiger partial charge in [-0.1, -0.05) is 24.8 Å². The molecule has 25 heavy (non-hydrogen) atoms. The largest absolute Gasteiger partial charge is 0.490 e. The Morgan fingerprint density at radius 1 is 1.24 bits per heavy atom. The fraction of sp³-hybridized carbons (Fsp3) is 0.294. The highest BCUT2D eigenvalue weighted by Crippen LogP contribution is 2.18. The first-order chi connectivity index (χ1) is 11.9. The third-order valence-electron chi connectivity index (χ3n) is 3.59. The molecule has 7 nitrogen and oxygen atoms in total. The summed E-state index contributed by atoms with van der Waals surface area (Å²) in [5.41, 5.74) is 5.27. The summed E-state index contributed by atoms with van der Waals surface area (Å²) in [5.74, 6) is -1.10. The van der Waals surface area contributed by atoms with Crippen molar-refractivity contribution >= 4 is 27.7 Å². The van der Waals surface area contributed by atoms with Crippen LogP contribution in [0.1, 0.15) is 12.0 Å². The first kappa shape index (κ1) is 18.7. The van der Waals surface area contributed by atoms with Crippen molar-refractivity contribution in [1.29, 1.82) is 0 Å². The molecule has 0 spiro atoms. The highest BCUT2D eigenvalue weighted by molar-refractivity contribution is 7.91. The standard InChI is InChI=1S/C17H20N2O5S/c1-2-10-24-15-6-3-13(4-7-15)5-8-16(20)18-19-17(21)14-9-11-25(22,23)12-14/h2-8,14H,1,9-12H2,(H,18,20)(H,19,21)/b8-5+/t14-/m1/s1. The summed E-state index contributed by atoms with van der Waals surface area (Å²) in [7, 11) is -3.14. The summed E-state index contributed by atoms with van der Waals surface area (Å²) < 4.78 is 28.0. The number of rotatable bonds is 6. The molecule has 1 aliphatic heterocycles. The number of carbonyl (C=O) groups is 2. The number of ether oxygens (including phenoxy) is 1. The fourth-order valence-electron chi connectivity index (χ4n) is 2.27. The lowest BCUT2D eigenvalue weighted by Crippen LogP contribution is -2.44. The van der Waals surface area contributed by atoms with Crippen LogP contribution in [0.25, 0.3) is 6.08 Å². The molecule has 8 heteroatoms. The van der Waals surface area contributed by atoms with Crippen molar-refractivity contribution in [2.75, 3.05) is 18.1 Å². The molecule has 1 aromatic rings. The number of amides is 2. The Hall–Kier alpha value is -2.61. The molecule has 0 aromatic heterocycles. The van der Waals surface area contributed by atoms with Gasteiger partial charge in [-0.05, 0) is 30.2 Å². The van der Waals surface area contributed by atoms with Crippen molar-refractivity contribution in [3.05, 3.63) is 48.6 Å². The van der Waals surface area contributed by atoms with Gasteiger partial charge in [0, 0.05) is 6.08 Å². The van der Waals surface area contributed by atoms with Gasteiger partial charge in [0.1, 0.15) is 12.4 Å². The molecule has 1 fully saturated rings. The van der Waals surface area contributed by atoms with Crippen molar-refractivity contribution in [2.45, 2.75) is 6.42 Å². The first-order valence-electron chi connectivity index (χ1n) is 7.72. The van der Waals surface area contributed by atoms with E-state index in [1.165, 1.54) is 6.08 Å². The number of nitrogens with one attached hydrogen (secondary N) is 2. The van der Waals surface area contributed by atoms with E-state index in [1.807, 2.05) is 0 Å². The third kappa shape index (κ3) is 6.07. The van der Waals surface area contributed by atoms with Gasteiger partial charge in [0.2, 0.25) is 5.91 Å². The molecule has 1 heterocycles. The summed E-state index contributed by atoms with van der Waals surface area (Å²) in [6, 6.07) is 7.10. The summed E-state index contributed by atoms with van der Waals surface area (Å²) in [6.45, 7) is 3.98. The van der Waals surface area contributed by atoms with Crippen LogP contribution in [-0.4, -0.2) is 38.3 Å². The number of sulfone groups is 1. The van der Waals surface area contributed by atoms with Gasteiger partial charge in [-0.3, -0.25) is 20.4 Å². The molecule has 1 saturated heterocycles. The maximum Gasteiger partial charge on any atom is 0.262 e. The molecule has 0 bridgehead atoms. The minimum Gasteiger partial charge on any atom is -0.490 e.